The van der Waals surface area contributed by atoms with Crippen molar-refractivity contribution in [2.24, 2.45) is 10.9 Å². The predicted molar refractivity (Wildman–Crippen MR) is 50.4 cm³/mol. The first-order valence-electron chi connectivity index (χ1n) is 4.23. The van der Waals surface area contributed by atoms with Crippen molar-refractivity contribution in [2.45, 2.75) is 6.43 Å². The lowest BCUT2D eigenvalue weighted by atomic mass is 10.2. The Morgan fingerprint density at radius 2 is 2.19 bits per heavy atom. The van der Waals surface area contributed by atoms with Crippen LogP contribution in [0.15, 0.2) is 23.4 Å². The summed E-state index contributed by atoms with van der Waals surface area (Å²) in [5.74, 6) is -1.13. The van der Waals surface area contributed by atoms with Gasteiger partial charge in [-0.1, -0.05) is 5.16 Å². The van der Waals surface area contributed by atoms with Crippen LogP contribution in [0.2, 0.25) is 0 Å². The molecule has 0 aliphatic carbocycles. The second-order valence-electron chi connectivity index (χ2n) is 2.83. The standard InChI is InChI=1S/C9H9F3N2O2/c10-5-1-2-7(16-4-8(11)12)6(3-5)9(13)14-15/h1-3,8,15H,4H2,(H2,13,14). The van der Waals surface area contributed by atoms with Gasteiger partial charge in [-0.3, -0.25) is 0 Å². The highest BCUT2D eigenvalue weighted by atomic mass is 19.3. The smallest absolute Gasteiger partial charge is 0.272 e. The Morgan fingerprint density at radius 3 is 2.75 bits per heavy atom. The number of hydrogen-bond donors (Lipinski definition) is 2. The molecular weight excluding hydrogens is 225 g/mol. The molecule has 7 heteroatoms. The van der Waals surface area contributed by atoms with Crippen LogP contribution >= 0.6 is 0 Å². The van der Waals surface area contributed by atoms with Gasteiger partial charge in [-0.05, 0) is 18.2 Å². The minimum atomic E-state index is -2.66. The molecule has 4 nitrogen and oxygen atoms in total. The van der Waals surface area contributed by atoms with E-state index in [0.29, 0.717) is 0 Å². The molecule has 0 amide bonds. The molecule has 0 radical (unpaired) electrons. The number of rotatable bonds is 4. The Labute approximate surface area is 89.1 Å². The van der Waals surface area contributed by atoms with Crippen LogP contribution in [0.3, 0.4) is 0 Å². The van der Waals surface area contributed by atoms with E-state index in [1.54, 1.807) is 0 Å². The maximum atomic E-state index is 12.8. The monoisotopic (exact) mass is 234 g/mol. The average molecular weight is 234 g/mol. The summed E-state index contributed by atoms with van der Waals surface area (Å²) in [4.78, 5) is 0. The van der Waals surface area contributed by atoms with Gasteiger partial charge in [0.2, 0.25) is 0 Å². The van der Waals surface area contributed by atoms with E-state index in [-0.39, 0.29) is 11.3 Å². The van der Waals surface area contributed by atoms with Crippen LogP contribution in [0.1, 0.15) is 5.56 Å². The molecule has 0 saturated heterocycles. The highest BCUT2D eigenvalue weighted by Gasteiger charge is 2.12. The zero-order chi connectivity index (χ0) is 12.1. The van der Waals surface area contributed by atoms with Crippen LogP contribution in [-0.2, 0) is 0 Å². The van der Waals surface area contributed by atoms with Gasteiger partial charge in [-0.25, -0.2) is 13.2 Å². The summed E-state index contributed by atoms with van der Waals surface area (Å²) in [6, 6.07) is 3.08. The molecule has 0 fully saturated rings. The molecule has 0 unspecified atom stereocenters. The van der Waals surface area contributed by atoms with Crippen molar-refractivity contribution in [1.82, 2.24) is 0 Å². The van der Waals surface area contributed by atoms with Gasteiger partial charge in [0.15, 0.2) is 5.84 Å². The van der Waals surface area contributed by atoms with Crippen LogP contribution < -0.4 is 10.5 Å². The first-order chi connectivity index (χ1) is 7.54. The number of nitrogens with two attached hydrogens (primary N) is 1. The van der Waals surface area contributed by atoms with Crippen LogP contribution in [-0.4, -0.2) is 24.1 Å². The van der Waals surface area contributed by atoms with Gasteiger partial charge in [0.1, 0.15) is 18.2 Å². The van der Waals surface area contributed by atoms with Gasteiger partial charge >= 0.3 is 0 Å². The highest BCUT2D eigenvalue weighted by molar-refractivity contribution is 5.99. The zero-order valence-corrected chi connectivity index (χ0v) is 8.03. The third-order valence-electron chi connectivity index (χ3n) is 1.69. The number of benzene rings is 1. The summed E-state index contributed by atoms with van der Waals surface area (Å²) in [6.07, 6.45) is -2.66. The Morgan fingerprint density at radius 1 is 1.50 bits per heavy atom. The molecule has 1 aromatic carbocycles. The van der Waals surface area contributed by atoms with E-state index < -0.39 is 24.7 Å². The fourth-order valence-corrected chi connectivity index (χ4v) is 1.03. The number of amidine groups is 1. The van der Waals surface area contributed by atoms with E-state index in [2.05, 4.69) is 9.89 Å². The average Bonchev–Trinajstić information content (AvgIpc) is 2.26. The summed E-state index contributed by atoms with van der Waals surface area (Å²) in [5.41, 5.74) is 5.16. The predicted octanol–water partition coefficient (Wildman–Crippen LogP) is 1.56. The number of alkyl halides is 2. The molecule has 0 atom stereocenters. The number of oxime groups is 1. The minimum absolute atomic E-state index is 0.0722. The van der Waals surface area contributed by atoms with Crippen molar-refractivity contribution in [2.75, 3.05) is 6.61 Å². The normalized spacial score (nSPS) is 11.9. The Kier molecular flexibility index (Phi) is 3.98. The van der Waals surface area contributed by atoms with Crippen molar-refractivity contribution in [1.29, 1.82) is 0 Å². The fraction of sp³-hybridized carbons (Fsp3) is 0.222. The summed E-state index contributed by atoms with van der Waals surface area (Å²) in [5, 5.41) is 11.1. The maximum absolute atomic E-state index is 12.8. The molecule has 1 aromatic rings. The van der Waals surface area contributed by atoms with Gasteiger partial charge in [0.25, 0.3) is 6.43 Å². The Bertz CT molecular complexity index is 396. The van der Waals surface area contributed by atoms with Crippen molar-refractivity contribution in [3.63, 3.8) is 0 Å². The van der Waals surface area contributed by atoms with Crippen molar-refractivity contribution in [3.05, 3.63) is 29.6 Å². The molecule has 0 heterocycles. The molecule has 0 spiro atoms. The van der Waals surface area contributed by atoms with Gasteiger partial charge < -0.3 is 15.7 Å². The quantitative estimate of drug-likeness (QED) is 0.359. The van der Waals surface area contributed by atoms with E-state index in [1.807, 2.05) is 0 Å². The largest absolute Gasteiger partial charge is 0.487 e. The molecular formula is C9H9F3N2O2. The van der Waals surface area contributed by atoms with E-state index in [9.17, 15) is 13.2 Å². The van der Waals surface area contributed by atoms with E-state index in [1.165, 1.54) is 0 Å². The molecule has 3 N–H and O–H groups in total. The second kappa shape index (κ2) is 5.24. The first-order valence-corrected chi connectivity index (χ1v) is 4.23. The fourth-order valence-electron chi connectivity index (χ4n) is 1.03. The number of hydrogen-bond acceptors (Lipinski definition) is 3. The lowest BCUT2D eigenvalue weighted by molar-refractivity contribution is 0.0817. The SMILES string of the molecule is N/C(=N/O)c1cc(F)ccc1OCC(F)F. The van der Waals surface area contributed by atoms with Crippen LogP contribution in [0, 0.1) is 5.82 Å². The third kappa shape index (κ3) is 3.04. The molecule has 0 aliphatic heterocycles. The molecule has 0 aromatic heterocycles. The Balaban J connectivity index is 2.98. The lowest BCUT2D eigenvalue weighted by Crippen LogP contribution is -2.16. The van der Waals surface area contributed by atoms with Gasteiger partial charge in [0, 0.05) is 0 Å². The first kappa shape index (κ1) is 12.2. The number of halogens is 3. The van der Waals surface area contributed by atoms with Gasteiger partial charge in [-0.15, -0.1) is 0 Å². The maximum Gasteiger partial charge on any atom is 0.272 e. The van der Waals surface area contributed by atoms with Gasteiger partial charge in [0.05, 0.1) is 5.56 Å². The summed E-state index contributed by atoms with van der Waals surface area (Å²) in [7, 11) is 0. The van der Waals surface area contributed by atoms with Crippen molar-refractivity contribution < 1.29 is 23.1 Å². The molecule has 16 heavy (non-hydrogen) atoms. The molecule has 0 saturated carbocycles. The van der Waals surface area contributed by atoms with Crippen molar-refractivity contribution in [3.8, 4) is 5.75 Å². The van der Waals surface area contributed by atoms with Gasteiger partial charge in [-0.2, -0.15) is 0 Å². The summed E-state index contributed by atoms with van der Waals surface area (Å²) >= 11 is 0. The summed E-state index contributed by atoms with van der Waals surface area (Å²) in [6.45, 7) is -0.850. The van der Waals surface area contributed by atoms with Crippen LogP contribution in [0.25, 0.3) is 0 Å². The van der Waals surface area contributed by atoms with Crippen LogP contribution in [0.5, 0.6) is 5.75 Å². The number of ether oxygens (including phenoxy) is 1. The van der Waals surface area contributed by atoms with Crippen molar-refractivity contribution >= 4 is 5.84 Å². The minimum Gasteiger partial charge on any atom is -0.487 e. The third-order valence-corrected chi connectivity index (χ3v) is 1.69. The lowest BCUT2D eigenvalue weighted by Gasteiger charge is -2.09. The Hall–Kier alpha value is -1.92. The molecule has 88 valence electrons. The summed E-state index contributed by atoms with van der Waals surface area (Å²) < 4.78 is 41.3. The number of nitrogens with zero attached hydrogens (tertiary/aromatic N) is 1. The van der Waals surface area contributed by atoms with Crippen LogP contribution in [0.4, 0.5) is 13.2 Å². The molecule has 1 rings (SSSR count). The second-order valence-corrected chi connectivity index (χ2v) is 2.83. The molecule has 0 bridgehead atoms. The zero-order valence-electron chi connectivity index (χ0n) is 8.03. The topological polar surface area (TPSA) is 67.8 Å². The van der Waals surface area contributed by atoms with E-state index in [0.717, 1.165) is 18.2 Å². The molecule has 0 aliphatic rings. The van der Waals surface area contributed by atoms with E-state index >= 15 is 0 Å². The van der Waals surface area contributed by atoms with E-state index in [4.69, 9.17) is 10.9 Å². The highest BCUT2D eigenvalue weighted by Crippen LogP contribution is 2.20.